The van der Waals surface area contributed by atoms with Crippen molar-refractivity contribution in [3.63, 3.8) is 0 Å². The lowest BCUT2D eigenvalue weighted by atomic mass is 10.0. The topological polar surface area (TPSA) is 82.7 Å². The van der Waals surface area contributed by atoms with Crippen LogP contribution in [0, 0.1) is 18.8 Å². The summed E-state index contributed by atoms with van der Waals surface area (Å²) in [5, 5.41) is 10.3. The van der Waals surface area contributed by atoms with Gasteiger partial charge in [0.05, 0.1) is 29.3 Å². The fraction of sp³-hybridized carbons (Fsp3) is 0.306. The van der Waals surface area contributed by atoms with Gasteiger partial charge in [0.2, 0.25) is 0 Å². The second kappa shape index (κ2) is 13.5. The number of anilines is 2. The molecule has 4 heterocycles. The molecule has 1 aliphatic rings. The Balaban J connectivity index is 1.15. The zero-order chi connectivity index (χ0) is 34.0. The van der Waals surface area contributed by atoms with Crippen molar-refractivity contribution in [1.29, 1.82) is 0 Å². The van der Waals surface area contributed by atoms with Gasteiger partial charge in [-0.05, 0) is 73.8 Å². The van der Waals surface area contributed by atoms with E-state index in [9.17, 15) is 18.0 Å². The number of fused-ring (bicyclic) bond motifs is 1. The quantitative estimate of drug-likeness (QED) is 0.222. The van der Waals surface area contributed by atoms with Crippen molar-refractivity contribution in [2.24, 2.45) is 7.05 Å². The third-order valence-corrected chi connectivity index (χ3v) is 8.72. The summed E-state index contributed by atoms with van der Waals surface area (Å²) in [6.45, 7) is 6.39. The Kier molecular flexibility index (Phi) is 9.26. The number of benzene rings is 2. The number of hydrogen-bond donors (Lipinski definition) is 2. The molecule has 0 bridgehead atoms. The standard InChI is InChI=1S/C36H37F3N8O/c1-24-7-9-28(17-27(24)11-12-31-20-40-34-33(6-5-13-47(31)34)43-30-19-42-45(4)23-30)35(48)41-18-26-8-10-29(32(16-26)36(37,38)39)22-46-15-14-44(3)25(2)21-46/h5-10,13,16-17,19-20,23,25,43H,14-15,18,21-22H2,1-4H3,(H,41,48)/t25-/m0/s1. The van der Waals surface area contributed by atoms with Gasteiger partial charge in [-0.25, -0.2) is 4.98 Å². The lowest BCUT2D eigenvalue weighted by Gasteiger charge is -2.38. The zero-order valence-electron chi connectivity index (χ0n) is 27.3. The van der Waals surface area contributed by atoms with Gasteiger partial charge in [-0.2, -0.15) is 18.3 Å². The second-order valence-corrected chi connectivity index (χ2v) is 12.3. The molecule has 1 aliphatic heterocycles. The third kappa shape index (κ3) is 7.38. The number of likely N-dealkylation sites (N-methyl/N-ethyl adjacent to an activating group) is 1. The fourth-order valence-corrected chi connectivity index (χ4v) is 5.80. The first-order chi connectivity index (χ1) is 22.9. The normalized spacial score (nSPS) is 15.7. The van der Waals surface area contributed by atoms with Crippen molar-refractivity contribution in [3.8, 4) is 11.8 Å². The van der Waals surface area contributed by atoms with E-state index in [1.54, 1.807) is 41.3 Å². The van der Waals surface area contributed by atoms with Crippen molar-refractivity contribution in [2.45, 2.75) is 39.2 Å². The van der Waals surface area contributed by atoms with Gasteiger partial charge in [-0.3, -0.25) is 18.8 Å². The fourth-order valence-electron chi connectivity index (χ4n) is 5.80. The molecule has 6 rings (SSSR count). The van der Waals surface area contributed by atoms with E-state index in [0.717, 1.165) is 29.5 Å². The summed E-state index contributed by atoms with van der Waals surface area (Å²) in [6.07, 6.45) is 2.66. The Morgan fingerprint density at radius 1 is 1.06 bits per heavy atom. The first-order valence-electron chi connectivity index (χ1n) is 15.7. The molecule has 0 saturated carbocycles. The van der Waals surface area contributed by atoms with E-state index >= 15 is 0 Å². The zero-order valence-corrected chi connectivity index (χ0v) is 27.3. The minimum absolute atomic E-state index is 0.0418. The molecule has 2 N–H and O–H groups in total. The number of pyridine rings is 1. The van der Waals surface area contributed by atoms with Crippen LogP contribution in [0.15, 0.2) is 73.3 Å². The van der Waals surface area contributed by atoms with Crippen molar-refractivity contribution in [1.82, 2.24) is 34.3 Å². The Labute approximate surface area is 277 Å². The molecule has 0 spiro atoms. The highest BCUT2D eigenvalue weighted by Gasteiger charge is 2.34. The second-order valence-electron chi connectivity index (χ2n) is 12.3. The van der Waals surface area contributed by atoms with E-state index in [4.69, 9.17) is 0 Å². The summed E-state index contributed by atoms with van der Waals surface area (Å²) in [7, 11) is 3.87. The van der Waals surface area contributed by atoms with Gasteiger partial charge >= 0.3 is 6.18 Å². The average molecular weight is 655 g/mol. The maximum absolute atomic E-state index is 14.1. The number of rotatable bonds is 7. The molecule has 1 saturated heterocycles. The summed E-state index contributed by atoms with van der Waals surface area (Å²) >= 11 is 0. The van der Waals surface area contributed by atoms with Crippen LogP contribution in [0.4, 0.5) is 24.5 Å². The highest BCUT2D eigenvalue weighted by Crippen LogP contribution is 2.34. The van der Waals surface area contributed by atoms with Crippen LogP contribution in [0.3, 0.4) is 0 Å². The first kappa shape index (κ1) is 32.8. The molecular weight excluding hydrogens is 617 g/mol. The number of aromatic nitrogens is 4. The largest absolute Gasteiger partial charge is 0.416 e. The molecule has 1 amide bonds. The van der Waals surface area contributed by atoms with Crippen molar-refractivity contribution >= 4 is 22.9 Å². The number of nitrogens with zero attached hydrogens (tertiary/aromatic N) is 6. The summed E-state index contributed by atoms with van der Waals surface area (Å²) < 4.78 is 45.9. The number of carbonyl (C=O) groups is 1. The number of nitrogens with one attached hydrogen (secondary N) is 2. The van der Waals surface area contributed by atoms with Gasteiger partial charge in [0.25, 0.3) is 5.91 Å². The van der Waals surface area contributed by atoms with E-state index in [-0.39, 0.29) is 24.7 Å². The monoisotopic (exact) mass is 654 g/mol. The lowest BCUT2D eigenvalue weighted by Crippen LogP contribution is -2.49. The minimum Gasteiger partial charge on any atom is -0.350 e. The van der Waals surface area contributed by atoms with E-state index in [1.807, 2.05) is 49.9 Å². The molecule has 3 aromatic heterocycles. The molecule has 248 valence electrons. The molecule has 9 nitrogen and oxygen atoms in total. The molecule has 0 aliphatic carbocycles. The summed E-state index contributed by atoms with van der Waals surface area (Å²) in [5.74, 6) is 5.93. The van der Waals surface area contributed by atoms with Crippen LogP contribution in [0.1, 0.15) is 50.8 Å². The predicted molar refractivity (Wildman–Crippen MR) is 179 cm³/mol. The van der Waals surface area contributed by atoms with E-state index in [0.29, 0.717) is 41.1 Å². The van der Waals surface area contributed by atoms with Gasteiger partial charge in [0.1, 0.15) is 5.69 Å². The van der Waals surface area contributed by atoms with Crippen LogP contribution in [0.2, 0.25) is 0 Å². The molecular formula is C36H37F3N8O. The van der Waals surface area contributed by atoms with Gasteiger partial charge in [-0.15, -0.1) is 0 Å². The Morgan fingerprint density at radius 3 is 2.65 bits per heavy atom. The minimum atomic E-state index is -4.50. The average Bonchev–Trinajstić information content (AvgIpc) is 3.67. The van der Waals surface area contributed by atoms with Crippen molar-refractivity contribution in [3.05, 3.63) is 112 Å². The maximum Gasteiger partial charge on any atom is 0.416 e. The van der Waals surface area contributed by atoms with Crippen LogP contribution in [-0.2, 0) is 26.3 Å². The Morgan fingerprint density at radius 2 is 1.90 bits per heavy atom. The molecule has 1 atom stereocenters. The van der Waals surface area contributed by atoms with Gasteiger partial charge in [0.15, 0.2) is 5.65 Å². The molecule has 0 unspecified atom stereocenters. The van der Waals surface area contributed by atoms with E-state index < -0.39 is 17.6 Å². The molecule has 1 fully saturated rings. The summed E-state index contributed by atoms with van der Waals surface area (Å²) in [4.78, 5) is 21.9. The van der Waals surface area contributed by atoms with Crippen LogP contribution in [0.5, 0.6) is 0 Å². The highest BCUT2D eigenvalue weighted by atomic mass is 19.4. The first-order valence-corrected chi connectivity index (χ1v) is 15.7. The smallest absolute Gasteiger partial charge is 0.350 e. The van der Waals surface area contributed by atoms with Crippen LogP contribution < -0.4 is 10.6 Å². The highest BCUT2D eigenvalue weighted by molar-refractivity contribution is 5.94. The van der Waals surface area contributed by atoms with Gasteiger partial charge in [-0.1, -0.05) is 24.1 Å². The molecule has 5 aromatic rings. The SMILES string of the molecule is Cc1ccc(C(=O)NCc2ccc(CN3CCN(C)[C@@H](C)C3)c(C(F)(F)F)c2)cc1C#Cc1cnc2c(Nc3cnn(C)c3)cccn12. The lowest BCUT2D eigenvalue weighted by molar-refractivity contribution is -0.138. The molecule has 2 aromatic carbocycles. The van der Waals surface area contributed by atoms with Crippen LogP contribution in [0.25, 0.3) is 5.65 Å². The summed E-state index contributed by atoms with van der Waals surface area (Å²) in [6, 6.07) is 13.6. The van der Waals surface area contributed by atoms with E-state index in [1.165, 1.54) is 6.07 Å². The third-order valence-electron chi connectivity index (χ3n) is 8.72. The summed E-state index contributed by atoms with van der Waals surface area (Å²) in [5.41, 5.74) is 4.86. The number of aryl methyl sites for hydroxylation is 2. The van der Waals surface area contributed by atoms with Crippen molar-refractivity contribution < 1.29 is 18.0 Å². The number of carbonyl (C=O) groups excluding carboxylic acids is 1. The Bertz CT molecular complexity index is 2020. The number of piperazine rings is 1. The molecule has 12 heteroatoms. The van der Waals surface area contributed by atoms with Gasteiger partial charge in [0, 0.05) is 69.3 Å². The van der Waals surface area contributed by atoms with Crippen molar-refractivity contribution in [2.75, 3.05) is 32.0 Å². The van der Waals surface area contributed by atoms with Crippen LogP contribution in [-0.4, -0.2) is 67.6 Å². The predicted octanol–water partition coefficient (Wildman–Crippen LogP) is 5.60. The van der Waals surface area contributed by atoms with Crippen LogP contribution >= 0.6 is 0 Å². The van der Waals surface area contributed by atoms with Gasteiger partial charge < -0.3 is 15.5 Å². The number of imidazole rings is 1. The number of halogens is 3. The number of hydrogen-bond acceptors (Lipinski definition) is 6. The molecule has 48 heavy (non-hydrogen) atoms. The molecule has 0 radical (unpaired) electrons. The Hall–Kier alpha value is -5.12. The maximum atomic E-state index is 14.1. The number of alkyl halides is 3. The number of amides is 1. The van der Waals surface area contributed by atoms with E-state index in [2.05, 4.69) is 49.3 Å².